The Morgan fingerprint density at radius 2 is 2.10 bits per heavy atom. The number of carbonyl (C=O) groups is 1. The maximum Gasteiger partial charge on any atom is 0.255 e. The molecule has 4 nitrogen and oxygen atoms in total. The lowest BCUT2D eigenvalue weighted by Crippen LogP contribution is -2.14. The first-order chi connectivity index (χ1) is 10.1. The van der Waals surface area contributed by atoms with E-state index in [4.69, 9.17) is 11.6 Å². The highest BCUT2D eigenvalue weighted by molar-refractivity contribution is 14.1. The molecular weight excluding hydrogens is 401 g/mol. The van der Waals surface area contributed by atoms with Crippen molar-refractivity contribution in [2.75, 3.05) is 17.2 Å². The predicted molar refractivity (Wildman–Crippen MR) is 95.1 cm³/mol. The monoisotopic (exact) mass is 415 g/mol. The number of pyridine rings is 1. The molecule has 2 rings (SSSR count). The SMILES string of the molecule is CCCNc1cc(C(=O)Nc2ccccc2I)cc(Cl)n1. The fourth-order valence-corrected chi connectivity index (χ4v) is 2.46. The van der Waals surface area contributed by atoms with Crippen LogP contribution in [0.25, 0.3) is 0 Å². The zero-order valence-electron chi connectivity index (χ0n) is 11.5. The van der Waals surface area contributed by atoms with E-state index in [-0.39, 0.29) is 5.91 Å². The normalized spacial score (nSPS) is 10.2. The van der Waals surface area contributed by atoms with Crippen molar-refractivity contribution < 1.29 is 4.79 Å². The molecule has 1 aromatic carbocycles. The van der Waals surface area contributed by atoms with Gasteiger partial charge < -0.3 is 10.6 Å². The van der Waals surface area contributed by atoms with Gasteiger partial charge in [-0.1, -0.05) is 30.7 Å². The maximum absolute atomic E-state index is 12.3. The summed E-state index contributed by atoms with van der Waals surface area (Å²) < 4.78 is 0.980. The highest BCUT2D eigenvalue weighted by atomic mass is 127. The summed E-state index contributed by atoms with van der Waals surface area (Å²) >= 11 is 8.15. The van der Waals surface area contributed by atoms with E-state index in [1.54, 1.807) is 12.1 Å². The maximum atomic E-state index is 12.3. The number of hydrogen-bond acceptors (Lipinski definition) is 3. The molecule has 0 saturated heterocycles. The number of nitrogens with one attached hydrogen (secondary N) is 2. The number of halogens is 2. The summed E-state index contributed by atoms with van der Waals surface area (Å²) in [5.74, 6) is 0.403. The van der Waals surface area contributed by atoms with Crippen LogP contribution in [0.3, 0.4) is 0 Å². The minimum absolute atomic E-state index is 0.206. The molecule has 0 fully saturated rings. The molecule has 6 heteroatoms. The van der Waals surface area contributed by atoms with Crippen molar-refractivity contribution in [2.24, 2.45) is 0 Å². The van der Waals surface area contributed by atoms with E-state index in [1.165, 1.54) is 0 Å². The van der Waals surface area contributed by atoms with Crippen LogP contribution in [-0.2, 0) is 0 Å². The molecular formula is C15H15ClIN3O. The van der Waals surface area contributed by atoms with E-state index in [0.29, 0.717) is 16.5 Å². The van der Waals surface area contributed by atoms with Crippen molar-refractivity contribution in [1.29, 1.82) is 0 Å². The molecule has 0 radical (unpaired) electrons. The first-order valence-corrected chi connectivity index (χ1v) is 8.03. The number of aromatic nitrogens is 1. The lowest BCUT2D eigenvalue weighted by Gasteiger charge is -2.09. The third kappa shape index (κ3) is 4.57. The van der Waals surface area contributed by atoms with Crippen molar-refractivity contribution in [2.45, 2.75) is 13.3 Å². The zero-order valence-corrected chi connectivity index (χ0v) is 14.4. The van der Waals surface area contributed by atoms with Gasteiger partial charge in [0, 0.05) is 15.7 Å². The molecule has 0 spiro atoms. The number of hydrogen-bond donors (Lipinski definition) is 2. The molecule has 0 aliphatic carbocycles. The van der Waals surface area contributed by atoms with Gasteiger partial charge in [-0.05, 0) is 53.3 Å². The Morgan fingerprint density at radius 3 is 2.81 bits per heavy atom. The van der Waals surface area contributed by atoms with Crippen molar-refractivity contribution >= 4 is 51.6 Å². The van der Waals surface area contributed by atoms with Crippen LogP contribution in [0.1, 0.15) is 23.7 Å². The van der Waals surface area contributed by atoms with Crippen molar-refractivity contribution in [3.8, 4) is 0 Å². The third-order valence-electron chi connectivity index (χ3n) is 2.73. The van der Waals surface area contributed by atoms with Gasteiger partial charge in [0.25, 0.3) is 5.91 Å². The molecule has 1 aromatic heterocycles. The predicted octanol–water partition coefficient (Wildman–Crippen LogP) is 4.41. The first-order valence-electron chi connectivity index (χ1n) is 6.57. The molecule has 2 aromatic rings. The smallest absolute Gasteiger partial charge is 0.255 e. The molecule has 0 aliphatic rings. The summed E-state index contributed by atoms with van der Waals surface area (Å²) in [6.45, 7) is 2.84. The van der Waals surface area contributed by atoms with Gasteiger partial charge in [-0.25, -0.2) is 4.98 Å². The minimum atomic E-state index is -0.206. The van der Waals surface area contributed by atoms with Gasteiger partial charge in [0.15, 0.2) is 0 Å². The molecule has 0 atom stereocenters. The van der Waals surface area contributed by atoms with Crippen LogP contribution in [0, 0.1) is 3.57 Å². The largest absolute Gasteiger partial charge is 0.370 e. The van der Waals surface area contributed by atoms with Gasteiger partial charge in [0.05, 0.1) is 5.69 Å². The standard InChI is InChI=1S/C15H15ClIN3O/c1-2-7-18-14-9-10(8-13(16)20-14)15(21)19-12-6-4-3-5-11(12)17/h3-6,8-9H,2,7H2,1H3,(H,18,20)(H,19,21). The number of benzene rings is 1. The Morgan fingerprint density at radius 1 is 1.33 bits per heavy atom. The summed E-state index contributed by atoms with van der Waals surface area (Å²) in [5.41, 5.74) is 1.26. The molecule has 0 saturated carbocycles. The van der Waals surface area contributed by atoms with Crippen LogP contribution in [0.5, 0.6) is 0 Å². The quantitative estimate of drug-likeness (QED) is 0.562. The van der Waals surface area contributed by atoms with Gasteiger partial charge in [0.2, 0.25) is 0 Å². The van der Waals surface area contributed by atoms with E-state index in [0.717, 1.165) is 22.2 Å². The van der Waals surface area contributed by atoms with Crippen LogP contribution >= 0.6 is 34.2 Å². The average molecular weight is 416 g/mol. The van der Waals surface area contributed by atoms with Gasteiger partial charge in [-0.3, -0.25) is 4.79 Å². The Bertz CT molecular complexity index is 649. The zero-order chi connectivity index (χ0) is 15.2. The lowest BCUT2D eigenvalue weighted by atomic mass is 10.2. The van der Waals surface area contributed by atoms with Crippen LogP contribution < -0.4 is 10.6 Å². The van der Waals surface area contributed by atoms with Gasteiger partial charge in [0.1, 0.15) is 11.0 Å². The second kappa shape index (κ2) is 7.61. The summed E-state index contributed by atoms with van der Waals surface area (Å²) in [6, 6.07) is 10.9. The van der Waals surface area contributed by atoms with Gasteiger partial charge in [-0.2, -0.15) is 0 Å². The Labute approximate surface area is 142 Å². The van der Waals surface area contributed by atoms with Crippen LogP contribution in [0.2, 0.25) is 5.15 Å². The van der Waals surface area contributed by atoms with Crippen LogP contribution in [0.4, 0.5) is 11.5 Å². The van der Waals surface area contributed by atoms with Crippen molar-refractivity contribution in [3.63, 3.8) is 0 Å². The molecule has 1 amide bonds. The second-order valence-corrected chi connectivity index (χ2v) is 5.97. The first kappa shape index (κ1) is 16.0. The summed E-state index contributed by atoms with van der Waals surface area (Å²) in [6.07, 6.45) is 0.970. The second-order valence-electron chi connectivity index (χ2n) is 4.42. The van der Waals surface area contributed by atoms with E-state index in [2.05, 4.69) is 45.1 Å². The highest BCUT2D eigenvalue weighted by Gasteiger charge is 2.11. The fourth-order valence-electron chi connectivity index (χ4n) is 1.73. The molecule has 0 aliphatic heterocycles. The highest BCUT2D eigenvalue weighted by Crippen LogP contribution is 2.20. The van der Waals surface area contributed by atoms with Crippen LogP contribution in [0.15, 0.2) is 36.4 Å². The van der Waals surface area contributed by atoms with Crippen molar-refractivity contribution in [1.82, 2.24) is 4.98 Å². The van der Waals surface area contributed by atoms with Gasteiger partial charge in [-0.15, -0.1) is 0 Å². The number of rotatable bonds is 5. The van der Waals surface area contributed by atoms with E-state index in [9.17, 15) is 4.79 Å². The minimum Gasteiger partial charge on any atom is -0.370 e. The van der Waals surface area contributed by atoms with E-state index < -0.39 is 0 Å². The lowest BCUT2D eigenvalue weighted by molar-refractivity contribution is 0.102. The molecule has 2 N–H and O–H groups in total. The summed E-state index contributed by atoms with van der Waals surface area (Å²) in [5, 5.41) is 6.30. The van der Waals surface area contributed by atoms with Gasteiger partial charge >= 0.3 is 0 Å². The Balaban J connectivity index is 2.19. The molecule has 1 heterocycles. The van der Waals surface area contributed by atoms with Crippen LogP contribution in [-0.4, -0.2) is 17.4 Å². The Hall–Kier alpha value is -1.34. The molecule has 0 unspecified atom stereocenters. The third-order valence-corrected chi connectivity index (χ3v) is 3.87. The molecule has 0 bridgehead atoms. The van der Waals surface area contributed by atoms with Crippen molar-refractivity contribution in [3.05, 3.63) is 50.7 Å². The summed E-state index contributed by atoms with van der Waals surface area (Å²) in [4.78, 5) is 16.5. The summed E-state index contributed by atoms with van der Waals surface area (Å²) in [7, 11) is 0. The van der Waals surface area contributed by atoms with E-state index >= 15 is 0 Å². The average Bonchev–Trinajstić information content (AvgIpc) is 2.47. The topological polar surface area (TPSA) is 54.0 Å². The molecule has 21 heavy (non-hydrogen) atoms. The number of anilines is 2. The fraction of sp³-hybridized carbons (Fsp3) is 0.200. The number of nitrogens with zero attached hydrogens (tertiary/aromatic N) is 1. The number of carbonyl (C=O) groups excluding carboxylic acids is 1. The molecule has 110 valence electrons. The number of amides is 1. The Kier molecular flexibility index (Phi) is 5.81. The number of para-hydroxylation sites is 1. The van der Waals surface area contributed by atoms with E-state index in [1.807, 2.05) is 24.3 Å².